The molecule has 3 rings (SSSR count). The van der Waals surface area contributed by atoms with Gasteiger partial charge in [-0.2, -0.15) is 0 Å². The summed E-state index contributed by atoms with van der Waals surface area (Å²) < 4.78 is 25.9. The van der Waals surface area contributed by atoms with E-state index in [0.717, 1.165) is 5.56 Å². The molecule has 164 valence electrons. The van der Waals surface area contributed by atoms with Gasteiger partial charge in [0.15, 0.2) is 16.5 Å². The van der Waals surface area contributed by atoms with Gasteiger partial charge in [0, 0.05) is 24.2 Å². The van der Waals surface area contributed by atoms with Crippen molar-refractivity contribution in [1.29, 1.82) is 0 Å². The Morgan fingerprint density at radius 1 is 1.10 bits per heavy atom. The fourth-order valence-corrected chi connectivity index (χ4v) is 3.72. The van der Waals surface area contributed by atoms with E-state index in [4.69, 9.17) is 9.47 Å². The molecule has 0 atom stereocenters. The molecule has 31 heavy (non-hydrogen) atoms. The van der Waals surface area contributed by atoms with Crippen molar-refractivity contribution >= 4 is 11.8 Å². The molecule has 0 aliphatic rings. The van der Waals surface area contributed by atoms with E-state index in [2.05, 4.69) is 25.8 Å². The number of aromatic nitrogens is 2. The number of hydrogen-bond acceptors (Lipinski definition) is 5. The fourth-order valence-electron chi connectivity index (χ4n) is 2.83. The maximum atomic E-state index is 13.0. The molecule has 1 heterocycles. The van der Waals surface area contributed by atoms with E-state index in [0.29, 0.717) is 41.0 Å². The molecule has 0 saturated carbocycles. The largest absolute Gasteiger partial charge is 0.493 e. The smallest absolute Gasteiger partial charge is 0.287 e. The number of benzene rings is 2. The maximum absolute atomic E-state index is 13.0. The van der Waals surface area contributed by atoms with E-state index in [-0.39, 0.29) is 16.8 Å². The second kappa shape index (κ2) is 10.0. The molecule has 0 fully saturated rings. The lowest BCUT2D eigenvalue weighted by Crippen LogP contribution is -2.21. The van der Waals surface area contributed by atoms with Gasteiger partial charge in [-0.05, 0) is 41.7 Å². The highest BCUT2D eigenvalue weighted by molar-refractivity contribution is 7.99. The van der Waals surface area contributed by atoms with Crippen LogP contribution in [0.1, 0.15) is 26.3 Å². The van der Waals surface area contributed by atoms with Crippen molar-refractivity contribution in [2.45, 2.75) is 32.2 Å². The molecule has 0 unspecified atom stereocenters. The van der Waals surface area contributed by atoms with Gasteiger partial charge in [0.25, 0.3) is 5.56 Å². The highest BCUT2D eigenvalue weighted by Crippen LogP contribution is 2.30. The van der Waals surface area contributed by atoms with E-state index < -0.39 is 0 Å². The topological polar surface area (TPSA) is 53.4 Å². The number of halogens is 1. The van der Waals surface area contributed by atoms with Crippen LogP contribution in [0.2, 0.25) is 0 Å². The molecule has 0 aliphatic carbocycles. The van der Waals surface area contributed by atoms with Crippen molar-refractivity contribution in [2.75, 3.05) is 19.5 Å². The Kier molecular flexibility index (Phi) is 7.38. The molecule has 0 aliphatic heterocycles. The molecule has 5 nitrogen and oxygen atoms in total. The average Bonchev–Trinajstić information content (AvgIpc) is 2.74. The van der Waals surface area contributed by atoms with E-state index in [1.54, 1.807) is 42.3 Å². The Morgan fingerprint density at radius 2 is 1.84 bits per heavy atom. The van der Waals surface area contributed by atoms with E-state index in [1.165, 1.54) is 23.9 Å². The average molecular weight is 443 g/mol. The third kappa shape index (κ3) is 6.34. The summed E-state index contributed by atoms with van der Waals surface area (Å²) >= 11 is 1.38. The molecule has 3 aromatic rings. The minimum Gasteiger partial charge on any atom is -0.493 e. The first kappa shape index (κ1) is 22.9. The minimum atomic E-state index is -0.255. The molecule has 0 N–H and O–H groups in total. The van der Waals surface area contributed by atoms with Crippen LogP contribution in [0, 0.1) is 11.2 Å². The van der Waals surface area contributed by atoms with Crippen LogP contribution in [0.5, 0.6) is 11.5 Å². The van der Waals surface area contributed by atoms with E-state index in [9.17, 15) is 9.18 Å². The summed E-state index contributed by atoms with van der Waals surface area (Å²) in [5, 5.41) is 0.414. The third-order valence-electron chi connectivity index (χ3n) is 4.44. The molecule has 0 radical (unpaired) electrons. The van der Waals surface area contributed by atoms with Gasteiger partial charge in [0.1, 0.15) is 5.82 Å². The third-order valence-corrected chi connectivity index (χ3v) is 5.40. The molecule has 0 spiro atoms. The lowest BCUT2D eigenvalue weighted by Gasteiger charge is -2.20. The standard InChI is InChI=1S/C24H27FN2O3S/c1-24(2,3)16-30-20-10-9-19(15-21(20)29-4)27-13-12-26-22(23(27)28)31-14-11-17-5-7-18(25)8-6-17/h5-10,12-13,15H,11,14,16H2,1-4H3. The van der Waals surface area contributed by atoms with Crippen molar-refractivity contribution < 1.29 is 13.9 Å². The first-order valence-electron chi connectivity index (χ1n) is 10.0. The van der Waals surface area contributed by atoms with Crippen molar-refractivity contribution in [3.8, 4) is 17.2 Å². The Morgan fingerprint density at radius 3 is 2.52 bits per heavy atom. The summed E-state index contributed by atoms with van der Waals surface area (Å²) in [4.78, 5) is 17.2. The number of hydrogen-bond donors (Lipinski definition) is 0. The maximum Gasteiger partial charge on any atom is 0.287 e. The number of ether oxygens (including phenoxy) is 2. The van der Waals surface area contributed by atoms with E-state index in [1.807, 2.05) is 12.1 Å². The number of methoxy groups -OCH3 is 1. The molecule has 0 bridgehead atoms. The summed E-state index contributed by atoms with van der Waals surface area (Å²) in [6.45, 7) is 6.84. The second-order valence-electron chi connectivity index (χ2n) is 8.32. The monoisotopic (exact) mass is 442 g/mol. The number of nitrogens with zero attached hydrogens (tertiary/aromatic N) is 2. The Labute approximate surface area is 186 Å². The minimum absolute atomic E-state index is 0.0196. The van der Waals surface area contributed by atoms with Gasteiger partial charge in [-0.15, -0.1) is 11.8 Å². The van der Waals surface area contributed by atoms with Crippen molar-refractivity contribution in [3.05, 3.63) is 76.6 Å². The first-order valence-corrected chi connectivity index (χ1v) is 11.0. The molecule has 0 amide bonds. The number of thioether (sulfide) groups is 1. The predicted octanol–water partition coefficient (Wildman–Crippen LogP) is 5.14. The molecule has 7 heteroatoms. The zero-order valence-electron chi connectivity index (χ0n) is 18.2. The van der Waals surface area contributed by atoms with Crippen molar-refractivity contribution in [1.82, 2.24) is 9.55 Å². The Hall–Kier alpha value is -2.80. The van der Waals surface area contributed by atoms with Crippen LogP contribution in [-0.2, 0) is 6.42 Å². The van der Waals surface area contributed by atoms with E-state index >= 15 is 0 Å². The molecule has 0 saturated heterocycles. The zero-order valence-corrected chi connectivity index (χ0v) is 19.0. The van der Waals surface area contributed by atoms with Crippen LogP contribution >= 0.6 is 11.8 Å². The lowest BCUT2D eigenvalue weighted by molar-refractivity contribution is 0.191. The molecule has 2 aromatic carbocycles. The molecule has 1 aromatic heterocycles. The summed E-state index contributed by atoms with van der Waals surface area (Å²) in [6, 6.07) is 11.8. The van der Waals surface area contributed by atoms with Crippen LogP contribution in [0.3, 0.4) is 0 Å². The van der Waals surface area contributed by atoms with Gasteiger partial charge in [-0.25, -0.2) is 9.37 Å². The normalized spacial score (nSPS) is 11.4. The summed E-state index contributed by atoms with van der Waals surface area (Å²) in [5.74, 6) is 1.61. The second-order valence-corrected chi connectivity index (χ2v) is 9.40. The number of aryl methyl sites for hydroxylation is 1. The fraction of sp³-hybridized carbons (Fsp3) is 0.333. The van der Waals surface area contributed by atoms with Crippen LogP contribution in [0.4, 0.5) is 4.39 Å². The predicted molar refractivity (Wildman–Crippen MR) is 122 cm³/mol. The lowest BCUT2D eigenvalue weighted by atomic mass is 9.99. The molecular weight excluding hydrogens is 415 g/mol. The van der Waals surface area contributed by atoms with Crippen LogP contribution in [0.15, 0.2) is 64.7 Å². The highest BCUT2D eigenvalue weighted by atomic mass is 32.2. The van der Waals surface area contributed by atoms with Crippen LogP contribution in [0.25, 0.3) is 5.69 Å². The van der Waals surface area contributed by atoms with Gasteiger partial charge in [-0.3, -0.25) is 9.36 Å². The zero-order chi connectivity index (χ0) is 22.4. The van der Waals surface area contributed by atoms with Crippen molar-refractivity contribution in [2.24, 2.45) is 5.41 Å². The van der Waals surface area contributed by atoms with Crippen LogP contribution in [-0.4, -0.2) is 29.0 Å². The number of rotatable bonds is 8. The first-order chi connectivity index (χ1) is 14.8. The van der Waals surface area contributed by atoms with Gasteiger partial charge in [0.05, 0.1) is 19.4 Å². The quantitative estimate of drug-likeness (QED) is 0.452. The Balaban J connectivity index is 1.75. The summed E-state index contributed by atoms with van der Waals surface area (Å²) in [7, 11) is 1.58. The summed E-state index contributed by atoms with van der Waals surface area (Å²) in [6.07, 6.45) is 3.96. The van der Waals surface area contributed by atoms with Gasteiger partial charge < -0.3 is 9.47 Å². The van der Waals surface area contributed by atoms with Crippen LogP contribution < -0.4 is 15.0 Å². The van der Waals surface area contributed by atoms with Gasteiger partial charge in [0.2, 0.25) is 0 Å². The Bertz CT molecular complexity index is 1080. The van der Waals surface area contributed by atoms with Crippen molar-refractivity contribution in [3.63, 3.8) is 0 Å². The van der Waals surface area contributed by atoms with Gasteiger partial charge in [-0.1, -0.05) is 32.9 Å². The molecular formula is C24H27FN2O3S. The highest BCUT2D eigenvalue weighted by Gasteiger charge is 2.15. The van der Waals surface area contributed by atoms with Gasteiger partial charge >= 0.3 is 0 Å². The SMILES string of the molecule is COc1cc(-n2ccnc(SCCc3ccc(F)cc3)c2=O)ccc1OCC(C)(C)C. The summed E-state index contributed by atoms with van der Waals surface area (Å²) in [5.41, 5.74) is 1.51.